The molecule has 1 saturated carbocycles. The van der Waals surface area contributed by atoms with Crippen LogP contribution in [0.2, 0.25) is 0 Å². The van der Waals surface area contributed by atoms with Gasteiger partial charge in [0.2, 0.25) is 0 Å². The molecule has 0 bridgehead atoms. The molecule has 1 aliphatic carbocycles. The number of hydrogen-bond acceptors (Lipinski definition) is 1. The summed E-state index contributed by atoms with van der Waals surface area (Å²) >= 11 is 0. The second-order valence-corrected chi connectivity index (χ2v) is 3.98. The van der Waals surface area contributed by atoms with E-state index in [1.807, 2.05) is 12.1 Å². The van der Waals surface area contributed by atoms with Crippen LogP contribution in [0.3, 0.4) is 0 Å². The van der Waals surface area contributed by atoms with Gasteiger partial charge < -0.3 is 4.74 Å². The van der Waals surface area contributed by atoms with Crippen molar-refractivity contribution >= 4 is 6.08 Å². The molecule has 0 saturated heterocycles. The molecular weight excluding hydrogens is 172 g/mol. The van der Waals surface area contributed by atoms with Crippen LogP contribution in [-0.4, -0.2) is 6.61 Å². The lowest BCUT2D eigenvalue weighted by Gasteiger charge is -2.07. The van der Waals surface area contributed by atoms with E-state index in [4.69, 9.17) is 4.74 Å². The molecule has 0 spiro atoms. The van der Waals surface area contributed by atoms with E-state index in [-0.39, 0.29) is 0 Å². The summed E-state index contributed by atoms with van der Waals surface area (Å²) in [5.41, 5.74) is 2.41. The fraction of sp³-hybridized carbons (Fsp3) is 0.385. The third kappa shape index (κ3) is 2.16. The Bertz CT molecular complexity index is 337. The second-order valence-electron chi connectivity index (χ2n) is 3.98. The van der Waals surface area contributed by atoms with Crippen LogP contribution in [0.15, 0.2) is 24.8 Å². The Balaban J connectivity index is 2.02. The molecule has 0 amide bonds. The van der Waals surface area contributed by atoms with E-state index >= 15 is 0 Å². The maximum atomic E-state index is 5.68. The lowest BCUT2D eigenvalue weighted by Crippen LogP contribution is -1.99. The van der Waals surface area contributed by atoms with E-state index in [9.17, 15) is 0 Å². The third-order valence-electron chi connectivity index (χ3n) is 2.64. The molecular formula is C13H16O. The summed E-state index contributed by atoms with van der Waals surface area (Å²) in [6.45, 7) is 6.73. The van der Waals surface area contributed by atoms with Gasteiger partial charge in [0.1, 0.15) is 5.75 Å². The summed E-state index contributed by atoms with van der Waals surface area (Å²) in [6.07, 6.45) is 4.55. The van der Waals surface area contributed by atoms with Crippen molar-refractivity contribution in [3.8, 4) is 5.75 Å². The summed E-state index contributed by atoms with van der Waals surface area (Å²) < 4.78 is 5.68. The molecule has 0 aliphatic heterocycles. The lowest BCUT2D eigenvalue weighted by molar-refractivity contribution is 0.299. The molecule has 14 heavy (non-hydrogen) atoms. The van der Waals surface area contributed by atoms with Crippen molar-refractivity contribution < 1.29 is 4.74 Å². The molecule has 1 heteroatoms. The molecule has 74 valence electrons. The van der Waals surface area contributed by atoms with Gasteiger partial charge in [-0.1, -0.05) is 18.7 Å². The SMILES string of the molecule is C=Cc1ccc(OCC2CC2)cc1C. The Morgan fingerprint density at radius 3 is 2.86 bits per heavy atom. The predicted octanol–water partition coefficient (Wildman–Crippen LogP) is 3.43. The quantitative estimate of drug-likeness (QED) is 0.703. The normalized spacial score (nSPS) is 15.2. The maximum Gasteiger partial charge on any atom is 0.119 e. The van der Waals surface area contributed by atoms with E-state index in [1.165, 1.54) is 24.0 Å². The Morgan fingerprint density at radius 2 is 2.29 bits per heavy atom. The van der Waals surface area contributed by atoms with Gasteiger partial charge in [0.15, 0.2) is 0 Å². The van der Waals surface area contributed by atoms with Gasteiger partial charge in [-0.15, -0.1) is 0 Å². The van der Waals surface area contributed by atoms with Crippen LogP contribution in [-0.2, 0) is 0 Å². The average molecular weight is 188 g/mol. The van der Waals surface area contributed by atoms with Crippen LogP contribution >= 0.6 is 0 Å². The van der Waals surface area contributed by atoms with Crippen molar-refractivity contribution in [2.24, 2.45) is 5.92 Å². The predicted molar refractivity (Wildman–Crippen MR) is 59.5 cm³/mol. The van der Waals surface area contributed by atoms with Gasteiger partial charge >= 0.3 is 0 Å². The fourth-order valence-corrected chi connectivity index (χ4v) is 1.47. The molecule has 1 fully saturated rings. The zero-order valence-corrected chi connectivity index (χ0v) is 8.62. The van der Waals surface area contributed by atoms with Gasteiger partial charge in [-0.25, -0.2) is 0 Å². The van der Waals surface area contributed by atoms with Gasteiger partial charge in [-0.2, -0.15) is 0 Å². The summed E-state index contributed by atoms with van der Waals surface area (Å²) in [7, 11) is 0. The van der Waals surface area contributed by atoms with Crippen molar-refractivity contribution in [1.82, 2.24) is 0 Å². The Hall–Kier alpha value is -1.24. The van der Waals surface area contributed by atoms with Gasteiger partial charge in [-0.05, 0) is 48.9 Å². The third-order valence-corrected chi connectivity index (χ3v) is 2.64. The lowest BCUT2D eigenvalue weighted by atomic mass is 10.1. The molecule has 0 radical (unpaired) electrons. The highest BCUT2D eigenvalue weighted by atomic mass is 16.5. The van der Waals surface area contributed by atoms with E-state index in [0.29, 0.717) is 0 Å². The minimum Gasteiger partial charge on any atom is -0.493 e. The second kappa shape index (κ2) is 3.87. The van der Waals surface area contributed by atoms with Crippen molar-refractivity contribution in [3.05, 3.63) is 35.9 Å². The van der Waals surface area contributed by atoms with Crippen LogP contribution in [0.25, 0.3) is 6.08 Å². The van der Waals surface area contributed by atoms with E-state index in [0.717, 1.165) is 18.3 Å². The van der Waals surface area contributed by atoms with Crippen LogP contribution in [0.4, 0.5) is 0 Å². The highest BCUT2D eigenvalue weighted by molar-refractivity contribution is 5.53. The van der Waals surface area contributed by atoms with E-state index < -0.39 is 0 Å². The van der Waals surface area contributed by atoms with Crippen LogP contribution in [0.1, 0.15) is 24.0 Å². The fourth-order valence-electron chi connectivity index (χ4n) is 1.47. The highest BCUT2D eigenvalue weighted by Gasteiger charge is 2.21. The van der Waals surface area contributed by atoms with Crippen molar-refractivity contribution in [1.29, 1.82) is 0 Å². The minimum absolute atomic E-state index is 0.814. The van der Waals surface area contributed by atoms with Crippen molar-refractivity contribution in [2.75, 3.05) is 6.61 Å². The van der Waals surface area contributed by atoms with Crippen molar-refractivity contribution in [3.63, 3.8) is 0 Å². The first-order valence-electron chi connectivity index (χ1n) is 5.15. The van der Waals surface area contributed by atoms with Gasteiger partial charge in [-0.3, -0.25) is 0 Å². The molecule has 1 aromatic rings. The number of rotatable bonds is 4. The first-order chi connectivity index (χ1) is 6.79. The first-order valence-corrected chi connectivity index (χ1v) is 5.15. The van der Waals surface area contributed by atoms with E-state index in [1.54, 1.807) is 0 Å². The molecule has 1 nitrogen and oxygen atoms in total. The van der Waals surface area contributed by atoms with E-state index in [2.05, 4.69) is 25.6 Å². The zero-order chi connectivity index (χ0) is 9.97. The molecule has 0 aromatic heterocycles. The largest absolute Gasteiger partial charge is 0.493 e. The van der Waals surface area contributed by atoms with Crippen LogP contribution in [0, 0.1) is 12.8 Å². The van der Waals surface area contributed by atoms with Crippen molar-refractivity contribution in [2.45, 2.75) is 19.8 Å². The summed E-state index contributed by atoms with van der Waals surface area (Å²) in [6, 6.07) is 6.16. The van der Waals surface area contributed by atoms with Gasteiger partial charge in [0.05, 0.1) is 6.61 Å². The summed E-state index contributed by atoms with van der Waals surface area (Å²) in [5, 5.41) is 0. The van der Waals surface area contributed by atoms with Gasteiger partial charge in [0.25, 0.3) is 0 Å². The Labute approximate surface area is 85.4 Å². The van der Waals surface area contributed by atoms with Crippen LogP contribution in [0.5, 0.6) is 5.75 Å². The summed E-state index contributed by atoms with van der Waals surface area (Å²) in [4.78, 5) is 0. The summed E-state index contributed by atoms with van der Waals surface area (Å²) in [5.74, 6) is 1.80. The molecule has 0 heterocycles. The molecule has 2 rings (SSSR count). The smallest absolute Gasteiger partial charge is 0.119 e. The minimum atomic E-state index is 0.814. The highest BCUT2D eigenvalue weighted by Crippen LogP contribution is 2.29. The number of hydrogen-bond donors (Lipinski definition) is 0. The first kappa shape index (κ1) is 9.32. The number of aryl methyl sites for hydroxylation is 1. The monoisotopic (exact) mass is 188 g/mol. The number of ether oxygens (including phenoxy) is 1. The average Bonchev–Trinajstić information content (AvgIpc) is 2.98. The number of benzene rings is 1. The molecule has 1 aromatic carbocycles. The molecule has 0 atom stereocenters. The Morgan fingerprint density at radius 1 is 1.50 bits per heavy atom. The Kier molecular flexibility index (Phi) is 2.58. The molecule has 1 aliphatic rings. The van der Waals surface area contributed by atoms with Gasteiger partial charge in [0, 0.05) is 0 Å². The zero-order valence-electron chi connectivity index (χ0n) is 8.62. The molecule has 0 unspecified atom stereocenters. The molecule has 0 N–H and O–H groups in total. The standard InChI is InChI=1S/C13H16O/c1-3-12-6-7-13(8-10(12)2)14-9-11-4-5-11/h3,6-8,11H,1,4-5,9H2,2H3. The maximum absolute atomic E-state index is 5.68. The van der Waals surface area contributed by atoms with Crippen LogP contribution < -0.4 is 4.74 Å². The topological polar surface area (TPSA) is 9.23 Å².